The van der Waals surface area contributed by atoms with Gasteiger partial charge in [-0.25, -0.2) is 0 Å². The zero-order chi connectivity index (χ0) is 29.2. The van der Waals surface area contributed by atoms with Gasteiger partial charge in [-0.2, -0.15) is 0 Å². The smallest absolute Gasteiger partial charge is 0.309 e. The fraction of sp³-hybridized carbons (Fsp3) is 0.839. The Morgan fingerprint density at radius 3 is 2.08 bits per heavy atom. The highest BCUT2D eigenvalue weighted by Crippen LogP contribution is 2.46. The summed E-state index contributed by atoms with van der Waals surface area (Å²) in [5.41, 5.74) is 1.24. The molecule has 0 radical (unpaired) electrons. The molecule has 0 aromatic heterocycles. The van der Waals surface area contributed by atoms with Crippen molar-refractivity contribution in [3.05, 3.63) is 24.8 Å². The Kier molecular flexibility index (Phi) is 11.5. The van der Waals surface area contributed by atoms with Crippen LogP contribution in [0.5, 0.6) is 0 Å². The average Bonchev–Trinajstić information content (AvgIpc) is 2.81. The van der Waals surface area contributed by atoms with Gasteiger partial charge in [-0.15, -0.1) is 0 Å². The van der Waals surface area contributed by atoms with Crippen molar-refractivity contribution < 1.29 is 28.9 Å². The minimum atomic E-state index is -2.18. The minimum Gasteiger partial charge on any atom is -0.457 e. The highest BCUT2D eigenvalue weighted by molar-refractivity contribution is 6.77. The van der Waals surface area contributed by atoms with Gasteiger partial charge in [-0.1, -0.05) is 88.5 Å². The number of aliphatic hydroxyl groups excluding tert-OH is 2. The van der Waals surface area contributed by atoms with E-state index in [1.807, 2.05) is 20.8 Å². The van der Waals surface area contributed by atoms with Crippen LogP contribution in [0.4, 0.5) is 0 Å². The third-order valence-electron chi connectivity index (χ3n) is 9.57. The number of cyclic esters (lactones) is 1. The summed E-state index contributed by atoms with van der Waals surface area (Å²) in [6.45, 7) is 29.6. The molecule has 2 aliphatic heterocycles. The number of hydrogen-bond donors (Lipinski definition) is 2. The monoisotopic (exact) mass is 552 g/mol. The fourth-order valence-electron chi connectivity index (χ4n) is 6.98. The van der Waals surface area contributed by atoms with Crippen LogP contribution in [0.3, 0.4) is 0 Å². The lowest BCUT2D eigenvalue weighted by Gasteiger charge is -2.49. The van der Waals surface area contributed by atoms with Gasteiger partial charge in [0.25, 0.3) is 0 Å². The number of ether oxygens (including phenoxy) is 2. The van der Waals surface area contributed by atoms with Crippen molar-refractivity contribution in [2.75, 3.05) is 0 Å². The molecule has 0 saturated carbocycles. The van der Waals surface area contributed by atoms with Crippen LogP contribution in [-0.2, 0) is 18.7 Å². The Balaban J connectivity index is 2.47. The molecule has 2 bridgehead atoms. The quantitative estimate of drug-likeness (QED) is 0.220. The van der Waals surface area contributed by atoms with Crippen LogP contribution < -0.4 is 0 Å². The Bertz CT molecular complexity index is 799. The third-order valence-corrected chi connectivity index (χ3v) is 15.7. The molecule has 1 unspecified atom stereocenters. The number of carbonyl (C=O) groups excluding carboxylic acids is 1. The highest BCUT2D eigenvalue weighted by atomic mass is 28.4. The molecule has 0 spiro atoms. The van der Waals surface area contributed by atoms with Crippen molar-refractivity contribution in [2.45, 2.75) is 148 Å². The SMILES string of the molecule is C=C[C@H]1OC(=O)C[C@@H]2O[C@H](CC(=C)[C@@H](O)[C@H](C)CC(O)C1(C)C)C[C@H](O[Si](C(C)C)(C(C)C)C(C)C)[C@H]2C. The maximum absolute atomic E-state index is 13.2. The lowest BCUT2D eigenvalue weighted by Crippen LogP contribution is -2.55. The maximum atomic E-state index is 13.2. The molecule has 2 saturated heterocycles. The first-order chi connectivity index (χ1) is 17.5. The molecule has 2 aliphatic rings. The van der Waals surface area contributed by atoms with Gasteiger partial charge in [-0.3, -0.25) is 4.79 Å². The zero-order valence-electron chi connectivity index (χ0n) is 25.7. The molecule has 38 heavy (non-hydrogen) atoms. The molecule has 6 nitrogen and oxygen atoms in total. The van der Waals surface area contributed by atoms with E-state index in [1.54, 1.807) is 6.08 Å². The standard InChI is InChI=1S/C31H56O6Si/c1-13-28-31(11,12)27(32)15-22(9)30(34)21(8)14-24-16-26(23(10)25(35-24)17-29(33)36-28)37-38(18(2)3,19(4)5)20(6)7/h13,18-20,22-28,30,32,34H,1,8,14-17H2,2-7,9-12H3/t22-,23+,24-,25+,26+,27?,28-,30-/m1/s1. The van der Waals surface area contributed by atoms with Crippen molar-refractivity contribution in [3.63, 3.8) is 0 Å². The second kappa shape index (κ2) is 13.1. The summed E-state index contributed by atoms with van der Waals surface area (Å²) in [6, 6.07) is 0. The number of fused-ring (bicyclic) bond motifs is 2. The number of hydrogen-bond acceptors (Lipinski definition) is 6. The Morgan fingerprint density at radius 2 is 1.58 bits per heavy atom. The van der Waals surface area contributed by atoms with E-state index in [0.717, 1.165) is 0 Å². The summed E-state index contributed by atoms with van der Waals surface area (Å²) in [7, 11) is -2.18. The van der Waals surface area contributed by atoms with Gasteiger partial charge in [0, 0.05) is 11.3 Å². The molecule has 0 aromatic rings. The van der Waals surface area contributed by atoms with Gasteiger partial charge in [0.15, 0.2) is 0 Å². The Hall–Kier alpha value is -0.993. The first-order valence-corrected chi connectivity index (χ1v) is 16.8. The minimum absolute atomic E-state index is 0.00674. The predicted octanol–water partition coefficient (Wildman–Crippen LogP) is 6.56. The number of aliphatic hydroxyl groups is 2. The molecule has 2 N–H and O–H groups in total. The van der Waals surface area contributed by atoms with Gasteiger partial charge in [0.05, 0.1) is 36.9 Å². The van der Waals surface area contributed by atoms with Crippen LogP contribution in [0.1, 0.15) is 94.9 Å². The molecule has 7 heteroatoms. The summed E-state index contributed by atoms with van der Waals surface area (Å²) < 4.78 is 19.7. The molecule has 220 valence electrons. The van der Waals surface area contributed by atoms with Crippen molar-refractivity contribution >= 4 is 14.3 Å². The molecular weight excluding hydrogens is 496 g/mol. The molecule has 0 aromatic carbocycles. The molecule has 8 atom stereocenters. The molecule has 0 amide bonds. The van der Waals surface area contributed by atoms with Gasteiger partial charge in [0.2, 0.25) is 8.32 Å². The summed E-state index contributed by atoms with van der Waals surface area (Å²) >= 11 is 0. The first kappa shape index (κ1) is 33.2. The van der Waals surface area contributed by atoms with Crippen molar-refractivity contribution in [2.24, 2.45) is 17.3 Å². The topological polar surface area (TPSA) is 85.2 Å². The van der Waals surface area contributed by atoms with Crippen LogP contribution in [0.25, 0.3) is 0 Å². The molecule has 2 fully saturated rings. The Labute approximate surface area is 233 Å². The van der Waals surface area contributed by atoms with E-state index >= 15 is 0 Å². The molecule has 2 rings (SSSR count). The van der Waals surface area contributed by atoms with E-state index < -0.39 is 32.0 Å². The number of carbonyl (C=O) groups is 1. The summed E-state index contributed by atoms with van der Waals surface area (Å²) in [6.07, 6.45) is 0.290. The van der Waals surface area contributed by atoms with Crippen molar-refractivity contribution in [3.8, 4) is 0 Å². The lowest BCUT2D eigenvalue weighted by molar-refractivity contribution is -0.170. The molecule has 2 heterocycles. The van der Waals surface area contributed by atoms with Gasteiger partial charge < -0.3 is 24.1 Å². The summed E-state index contributed by atoms with van der Waals surface area (Å²) in [4.78, 5) is 13.2. The number of rotatable bonds is 6. The van der Waals surface area contributed by atoms with Crippen LogP contribution in [0.15, 0.2) is 24.8 Å². The van der Waals surface area contributed by atoms with Gasteiger partial charge in [0.1, 0.15) is 6.10 Å². The van der Waals surface area contributed by atoms with E-state index in [9.17, 15) is 15.0 Å². The maximum Gasteiger partial charge on any atom is 0.309 e. The second-order valence-electron chi connectivity index (χ2n) is 13.6. The van der Waals surface area contributed by atoms with Crippen molar-refractivity contribution in [1.29, 1.82) is 0 Å². The Morgan fingerprint density at radius 1 is 1.03 bits per heavy atom. The predicted molar refractivity (Wildman–Crippen MR) is 156 cm³/mol. The molecule has 0 aliphatic carbocycles. The van der Waals surface area contributed by atoms with Crippen LogP contribution in [-0.4, -0.2) is 61.1 Å². The number of esters is 1. The highest BCUT2D eigenvalue weighted by Gasteiger charge is 2.50. The largest absolute Gasteiger partial charge is 0.457 e. The van der Waals surface area contributed by atoms with Crippen LogP contribution in [0, 0.1) is 17.3 Å². The van der Waals surface area contributed by atoms with Crippen LogP contribution in [0.2, 0.25) is 16.6 Å². The van der Waals surface area contributed by atoms with E-state index in [4.69, 9.17) is 13.9 Å². The fourth-order valence-corrected chi connectivity index (χ4v) is 12.6. The van der Waals surface area contributed by atoms with Crippen LogP contribution >= 0.6 is 0 Å². The first-order valence-electron chi connectivity index (χ1n) is 14.7. The lowest BCUT2D eigenvalue weighted by atomic mass is 9.75. The van der Waals surface area contributed by atoms with E-state index in [2.05, 4.69) is 61.6 Å². The summed E-state index contributed by atoms with van der Waals surface area (Å²) in [5.74, 6) is -0.600. The van der Waals surface area contributed by atoms with Crippen molar-refractivity contribution in [1.82, 2.24) is 0 Å². The third kappa shape index (κ3) is 7.01. The average molecular weight is 553 g/mol. The van der Waals surface area contributed by atoms with Gasteiger partial charge >= 0.3 is 5.97 Å². The normalized spacial score (nSPS) is 35.8. The van der Waals surface area contributed by atoms with E-state index in [-0.39, 0.29) is 42.5 Å². The van der Waals surface area contributed by atoms with E-state index in [0.29, 0.717) is 41.5 Å². The zero-order valence-corrected chi connectivity index (χ0v) is 26.7. The van der Waals surface area contributed by atoms with E-state index in [1.165, 1.54) is 0 Å². The van der Waals surface area contributed by atoms with Gasteiger partial charge in [-0.05, 0) is 47.4 Å². The summed E-state index contributed by atoms with van der Waals surface area (Å²) in [5, 5.41) is 22.2. The second-order valence-corrected chi connectivity index (χ2v) is 19.0. The molecular formula is C31H56O6Si.